The van der Waals surface area contributed by atoms with Crippen molar-refractivity contribution in [1.29, 1.82) is 0 Å². The fraction of sp³-hybridized carbons (Fsp3) is 0.667. The second-order valence-corrected chi connectivity index (χ2v) is 5.32. The van der Waals surface area contributed by atoms with Gasteiger partial charge in [0, 0.05) is 6.61 Å². The Labute approximate surface area is 119 Å². The maximum Gasteiger partial charge on any atom is 0.0506 e. The molecule has 0 saturated heterocycles. The first kappa shape index (κ1) is 16.2. The predicted molar refractivity (Wildman–Crippen MR) is 83.6 cm³/mol. The monoisotopic (exact) mass is 262 g/mol. The van der Waals surface area contributed by atoms with Crippen molar-refractivity contribution in [3.05, 3.63) is 35.9 Å². The molecule has 1 rings (SSSR count). The Morgan fingerprint density at radius 2 is 1.37 bits per heavy atom. The SMILES string of the molecule is CCCCCCCCCCOCCc1ccccc1. The molecule has 0 aliphatic rings. The minimum absolute atomic E-state index is 0.862. The summed E-state index contributed by atoms with van der Waals surface area (Å²) in [5.41, 5.74) is 1.37. The van der Waals surface area contributed by atoms with Gasteiger partial charge >= 0.3 is 0 Å². The van der Waals surface area contributed by atoms with E-state index in [2.05, 4.69) is 37.3 Å². The third kappa shape index (κ3) is 9.72. The summed E-state index contributed by atoms with van der Waals surface area (Å²) in [5.74, 6) is 0. The summed E-state index contributed by atoms with van der Waals surface area (Å²) in [6, 6.07) is 10.6. The van der Waals surface area contributed by atoms with Crippen LogP contribution < -0.4 is 0 Å². The van der Waals surface area contributed by atoms with Gasteiger partial charge in [-0.1, -0.05) is 82.2 Å². The van der Waals surface area contributed by atoms with Crippen molar-refractivity contribution in [2.24, 2.45) is 0 Å². The normalized spacial score (nSPS) is 10.8. The summed E-state index contributed by atoms with van der Waals surface area (Å²) < 4.78 is 5.68. The van der Waals surface area contributed by atoms with Crippen LogP contribution in [-0.2, 0) is 11.2 Å². The van der Waals surface area contributed by atoms with E-state index in [0.717, 1.165) is 19.6 Å². The van der Waals surface area contributed by atoms with Gasteiger partial charge in [0.05, 0.1) is 6.61 Å². The van der Waals surface area contributed by atoms with E-state index < -0.39 is 0 Å². The summed E-state index contributed by atoms with van der Waals surface area (Å²) in [6.45, 7) is 4.06. The summed E-state index contributed by atoms with van der Waals surface area (Å²) >= 11 is 0. The fourth-order valence-electron chi connectivity index (χ4n) is 2.27. The molecule has 0 spiro atoms. The lowest BCUT2D eigenvalue weighted by molar-refractivity contribution is 0.133. The molecule has 0 fully saturated rings. The first-order valence-electron chi connectivity index (χ1n) is 8.05. The predicted octanol–water partition coefficient (Wildman–Crippen LogP) is 5.39. The van der Waals surface area contributed by atoms with Crippen molar-refractivity contribution in [3.8, 4) is 0 Å². The molecule has 0 bridgehead atoms. The third-order valence-electron chi connectivity index (χ3n) is 3.52. The number of ether oxygens (including phenoxy) is 1. The minimum atomic E-state index is 0.862. The molecule has 0 aromatic heterocycles. The highest BCUT2D eigenvalue weighted by Crippen LogP contribution is 2.08. The van der Waals surface area contributed by atoms with E-state index in [0.29, 0.717) is 0 Å². The van der Waals surface area contributed by atoms with Gasteiger partial charge in [-0.3, -0.25) is 0 Å². The molecule has 0 unspecified atom stereocenters. The van der Waals surface area contributed by atoms with Crippen LogP contribution in [0.15, 0.2) is 30.3 Å². The van der Waals surface area contributed by atoms with Crippen LogP contribution in [0, 0.1) is 0 Å². The van der Waals surface area contributed by atoms with Crippen LogP contribution in [0.25, 0.3) is 0 Å². The van der Waals surface area contributed by atoms with Crippen LogP contribution in [0.5, 0.6) is 0 Å². The van der Waals surface area contributed by atoms with Gasteiger partial charge in [0.25, 0.3) is 0 Å². The van der Waals surface area contributed by atoms with E-state index in [1.165, 1.54) is 56.9 Å². The lowest BCUT2D eigenvalue weighted by Gasteiger charge is -2.04. The average Bonchev–Trinajstić information content (AvgIpc) is 2.46. The molecule has 108 valence electrons. The summed E-state index contributed by atoms with van der Waals surface area (Å²) in [5, 5.41) is 0. The molecule has 0 aliphatic carbocycles. The number of rotatable bonds is 12. The number of hydrogen-bond donors (Lipinski definition) is 0. The van der Waals surface area contributed by atoms with E-state index in [1.54, 1.807) is 0 Å². The van der Waals surface area contributed by atoms with Gasteiger partial charge in [0.1, 0.15) is 0 Å². The summed E-state index contributed by atoms with van der Waals surface area (Å²) in [4.78, 5) is 0. The highest BCUT2D eigenvalue weighted by atomic mass is 16.5. The molecule has 0 atom stereocenters. The molecular formula is C18H30O. The molecule has 0 heterocycles. The Hall–Kier alpha value is -0.820. The maximum atomic E-state index is 5.68. The van der Waals surface area contributed by atoms with Gasteiger partial charge in [-0.25, -0.2) is 0 Å². The van der Waals surface area contributed by atoms with Gasteiger partial charge in [-0.05, 0) is 18.4 Å². The first-order chi connectivity index (χ1) is 9.43. The van der Waals surface area contributed by atoms with Crippen molar-refractivity contribution in [1.82, 2.24) is 0 Å². The van der Waals surface area contributed by atoms with Crippen molar-refractivity contribution in [2.45, 2.75) is 64.7 Å². The van der Waals surface area contributed by atoms with Gasteiger partial charge < -0.3 is 4.74 Å². The molecule has 19 heavy (non-hydrogen) atoms. The lowest BCUT2D eigenvalue weighted by atomic mass is 10.1. The first-order valence-corrected chi connectivity index (χ1v) is 8.05. The van der Waals surface area contributed by atoms with Crippen molar-refractivity contribution < 1.29 is 4.74 Å². The highest BCUT2D eigenvalue weighted by molar-refractivity contribution is 5.14. The standard InChI is InChI=1S/C18H30O/c1-2-3-4-5-6-7-8-12-16-19-17-15-18-13-10-9-11-14-18/h9-11,13-14H,2-8,12,15-17H2,1H3. The Bertz CT molecular complexity index is 281. The minimum Gasteiger partial charge on any atom is -0.381 e. The summed E-state index contributed by atoms with van der Waals surface area (Å²) in [6.07, 6.45) is 12.0. The Balaban J connectivity index is 1.79. The average molecular weight is 262 g/mol. The van der Waals surface area contributed by atoms with Crippen LogP contribution in [0.1, 0.15) is 63.9 Å². The number of unbranched alkanes of at least 4 members (excludes halogenated alkanes) is 7. The molecule has 0 radical (unpaired) electrons. The van der Waals surface area contributed by atoms with E-state index in [9.17, 15) is 0 Å². The van der Waals surface area contributed by atoms with Crippen LogP contribution in [0.3, 0.4) is 0 Å². The molecule has 0 saturated carbocycles. The van der Waals surface area contributed by atoms with Crippen molar-refractivity contribution in [3.63, 3.8) is 0 Å². The Morgan fingerprint density at radius 1 is 0.737 bits per heavy atom. The highest BCUT2D eigenvalue weighted by Gasteiger charge is 1.94. The van der Waals surface area contributed by atoms with Gasteiger partial charge in [0.2, 0.25) is 0 Å². The molecule has 1 nitrogen and oxygen atoms in total. The number of hydrogen-bond acceptors (Lipinski definition) is 1. The summed E-state index contributed by atoms with van der Waals surface area (Å²) in [7, 11) is 0. The zero-order valence-corrected chi connectivity index (χ0v) is 12.6. The lowest BCUT2D eigenvalue weighted by Crippen LogP contribution is -2.00. The molecule has 1 aromatic carbocycles. The smallest absolute Gasteiger partial charge is 0.0506 e. The van der Waals surface area contributed by atoms with E-state index in [4.69, 9.17) is 4.74 Å². The molecule has 0 aliphatic heterocycles. The zero-order valence-electron chi connectivity index (χ0n) is 12.6. The van der Waals surface area contributed by atoms with E-state index in [1.807, 2.05) is 0 Å². The maximum absolute atomic E-state index is 5.68. The molecular weight excluding hydrogens is 232 g/mol. The van der Waals surface area contributed by atoms with Crippen LogP contribution in [0.4, 0.5) is 0 Å². The van der Waals surface area contributed by atoms with E-state index >= 15 is 0 Å². The van der Waals surface area contributed by atoms with Gasteiger partial charge in [0.15, 0.2) is 0 Å². The largest absolute Gasteiger partial charge is 0.381 e. The third-order valence-corrected chi connectivity index (χ3v) is 3.52. The second-order valence-electron chi connectivity index (χ2n) is 5.32. The topological polar surface area (TPSA) is 9.23 Å². The fourth-order valence-corrected chi connectivity index (χ4v) is 2.27. The van der Waals surface area contributed by atoms with Crippen LogP contribution in [0.2, 0.25) is 0 Å². The number of benzene rings is 1. The molecule has 0 amide bonds. The quantitative estimate of drug-likeness (QED) is 0.459. The second kappa shape index (κ2) is 12.2. The van der Waals surface area contributed by atoms with Crippen molar-refractivity contribution >= 4 is 0 Å². The zero-order chi connectivity index (χ0) is 13.6. The molecule has 1 heteroatoms. The molecule has 1 aromatic rings. The van der Waals surface area contributed by atoms with Gasteiger partial charge in [-0.2, -0.15) is 0 Å². The Morgan fingerprint density at radius 3 is 2.05 bits per heavy atom. The molecule has 0 N–H and O–H groups in total. The van der Waals surface area contributed by atoms with Crippen molar-refractivity contribution in [2.75, 3.05) is 13.2 Å². The van der Waals surface area contributed by atoms with Crippen LogP contribution in [-0.4, -0.2) is 13.2 Å². The van der Waals surface area contributed by atoms with Crippen LogP contribution >= 0.6 is 0 Å². The Kier molecular flexibility index (Phi) is 10.4. The van der Waals surface area contributed by atoms with Gasteiger partial charge in [-0.15, -0.1) is 0 Å². The van der Waals surface area contributed by atoms with E-state index in [-0.39, 0.29) is 0 Å².